The van der Waals surface area contributed by atoms with Gasteiger partial charge < -0.3 is 43.4 Å². The second-order valence-electron chi connectivity index (χ2n) is 7.16. The SMILES string of the molecule is CC(C)C(NC(=O)C(N)CO)C(=O)NC(CCC(N)=O)C(=O)NC(CC(N)=O)C(=O)O. The Balaban J connectivity index is 5.50. The fourth-order valence-electron chi connectivity index (χ4n) is 2.37. The normalized spacial score (nSPS) is 14.6. The number of rotatable bonds is 14. The van der Waals surface area contributed by atoms with E-state index in [2.05, 4.69) is 16.0 Å². The minimum atomic E-state index is -1.65. The Morgan fingerprint density at radius 1 is 0.839 bits per heavy atom. The molecule has 14 nitrogen and oxygen atoms in total. The fourth-order valence-corrected chi connectivity index (χ4v) is 2.37. The summed E-state index contributed by atoms with van der Waals surface area (Å²) in [5.41, 5.74) is 15.5. The van der Waals surface area contributed by atoms with Gasteiger partial charge in [-0.05, 0) is 12.3 Å². The molecule has 0 bridgehead atoms. The van der Waals surface area contributed by atoms with Crippen LogP contribution >= 0.6 is 0 Å². The first-order valence-corrected chi connectivity index (χ1v) is 9.37. The van der Waals surface area contributed by atoms with E-state index in [4.69, 9.17) is 27.4 Å². The van der Waals surface area contributed by atoms with E-state index in [9.17, 15) is 28.8 Å². The van der Waals surface area contributed by atoms with Crippen molar-refractivity contribution >= 4 is 35.5 Å². The average molecular weight is 446 g/mol. The number of hydrogen-bond donors (Lipinski definition) is 8. The van der Waals surface area contributed by atoms with Crippen molar-refractivity contribution in [3.05, 3.63) is 0 Å². The molecule has 0 heterocycles. The molecule has 0 aliphatic carbocycles. The summed E-state index contributed by atoms with van der Waals surface area (Å²) in [6.07, 6.45) is -1.29. The highest BCUT2D eigenvalue weighted by atomic mass is 16.4. The van der Waals surface area contributed by atoms with Gasteiger partial charge in [-0.25, -0.2) is 4.79 Å². The van der Waals surface area contributed by atoms with E-state index in [1.165, 1.54) is 0 Å². The quantitative estimate of drug-likeness (QED) is 0.128. The third kappa shape index (κ3) is 10.4. The van der Waals surface area contributed by atoms with Crippen LogP contribution < -0.4 is 33.2 Å². The van der Waals surface area contributed by atoms with Crippen LogP contribution in [-0.2, 0) is 28.8 Å². The smallest absolute Gasteiger partial charge is 0.326 e. The number of carbonyl (C=O) groups is 6. The maximum atomic E-state index is 12.7. The number of aliphatic carboxylic acids is 1. The zero-order valence-corrected chi connectivity index (χ0v) is 17.3. The van der Waals surface area contributed by atoms with E-state index >= 15 is 0 Å². The molecule has 0 aromatic carbocycles. The first kappa shape index (κ1) is 27.7. The van der Waals surface area contributed by atoms with Crippen molar-refractivity contribution in [2.24, 2.45) is 23.1 Å². The van der Waals surface area contributed by atoms with Crippen molar-refractivity contribution in [1.82, 2.24) is 16.0 Å². The van der Waals surface area contributed by atoms with Crippen LogP contribution in [0.25, 0.3) is 0 Å². The molecule has 4 atom stereocenters. The van der Waals surface area contributed by atoms with Gasteiger partial charge in [0.15, 0.2) is 0 Å². The Hall–Kier alpha value is -3.26. The average Bonchev–Trinajstić information content (AvgIpc) is 2.66. The lowest BCUT2D eigenvalue weighted by molar-refractivity contribution is -0.144. The topological polar surface area (TPSA) is 257 Å². The number of amides is 5. The van der Waals surface area contributed by atoms with Crippen molar-refractivity contribution in [3.8, 4) is 0 Å². The summed E-state index contributed by atoms with van der Waals surface area (Å²) >= 11 is 0. The lowest BCUT2D eigenvalue weighted by Gasteiger charge is -2.26. The second kappa shape index (κ2) is 13.1. The molecule has 0 aromatic rings. The highest BCUT2D eigenvalue weighted by Crippen LogP contribution is 2.06. The number of nitrogens with two attached hydrogens (primary N) is 3. The van der Waals surface area contributed by atoms with Gasteiger partial charge in [0.25, 0.3) is 0 Å². The van der Waals surface area contributed by atoms with Gasteiger partial charge in [-0.2, -0.15) is 0 Å². The Bertz CT molecular complexity index is 698. The van der Waals surface area contributed by atoms with Crippen LogP contribution in [0.15, 0.2) is 0 Å². The van der Waals surface area contributed by atoms with Crippen LogP contribution in [0.2, 0.25) is 0 Å². The maximum Gasteiger partial charge on any atom is 0.326 e. The van der Waals surface area contributed by atoms with Crippen LogP contribution in [0.4, 0.5) is 0 Å². The Kier molecular flexibility index (Phi) is 11.7. The van der Waals surface area contributed by atoms with Crippen LogP contribution in [0.5, 0.6) is 0 Å². The summed E-state index contributed by atoms with van der Waals surface area (Å²) < 4.78 is 0. The minimum Gasteiger partial charge on any atom is -0.480 e. The summed E-state index contributed by atoms with van der Waals surface area (Å²) in [6, 6.07) is -5.48. The van der Waals surface area contributed by atoms with Crippen LogP contribution in [-0.4, -0.2) is 76.5 Å². The molecule has 0 radical (unpaired) electrons. The van der Waals surface area contributed by atoms with E-state index in [1.54, 1.807) is 13.8 Å². The number of carboxylic acids is 1. The Morgan fingerprint density at radius 3 is 1.81 bits per heavy atom. The van der Waals surface area contributed by atoms with Crippen LogP contribution in [0.1, 0.15) is 33.1 Å². The van der Waals surface area contributed by atoms with Gasteiger partial charge >= 0.3 is 5.97 Å². The number of nitrogens with one attached hydrogen (secondary N) is 3. The molecule has 0 saturated heterocycles. The lowest BCUT2D eigenvalue weighted by atomic mass is 10.0. The molecule has 176 valence electrons. The van der Waals surface area contributed by atoms with Crippen molar-refractivity contribution in [2.45, 2.75) is 57.3 Å². The van der Waals surface area contributed by atoms with Crippen molar-refractivity contribution in [1.29, 1.82) is 0 Å². The van der Waals surface area contributed by atoms with Crippen LogP contribution in [0.3, 0.4) is 0 Å². The van der Waals surface area contributed by atoms with Crippen LogP contribution in [0, 0.1) is 5.92 Å². The summed E-state index contributed by atoms with van der Waals surface area (Å²) in [6.45, 7) is 2.54. The summed E-state index contributed by atoms with van der Waals surface area (Å²) in [5.74, 6) is -6.37. The monoisotopic (exact) mass is 446 g/mol. The van der Waals surface area contributed by atoms with E-state index in [1.807, 2.05) is 0 Å². The number of carboxylic acid groups (broad SMARTS) is 1. The van der Waals surface area contributed by atoms with E-state index < -0.39 is 78.6 Å². The van der Waals surface area contributed by atoms with Gasteiger partial charge in [-0.1, -0.05) is 13.8 Å². The molecular weight excluding hydrogens is 416 g/mol. The molecular formula is C17H30N6O8. The van der Waals surface area contributed by atoms with Gasteiger partial charge in [0.05, 0.1) is 13.0 Å². The molecule has 5 amide bonds. The van der Waals surface area contributed by atoms with Crippen molar-refractivity contribution in [2.75, 3.05) is 6.61 Å². The standard InChI is InChI=1S/C17H30N6O8/c1-7(2)13(23-14(27)8(18)6-24)16(29)21-9(3-4-11(19)25)15(28)22-10(17(30)31)5-12(20)26/h7-10,13,24H,3-6,18H2,1-2H3,(H2,19,25)(H2,20,26)(H,21,29)(H,22,28)(H,23,27)(H,30,31). The zero-order chi connectivity index (χ0) is 24.3. The first-order valence-electron chi connectivity index (χ1n) is 9.37. The molecule has 0 aliphatic heterocycles. The lowest BCUT2D eigenvalue weighted by Crippen LogP contribution is -2.59. The highest BCUT2D eigenvalue weighted by molar-refractivity contribution is 5.95. The predicted octanol–water partition coefficient (Wildman–Crippen LogP) is -4.36. The van der Waals surface area contributed by atoms with E-state index in [-0.39, 0.29) is 12.8 Å². The maximum absolute atomic E-state index is 12.7. The Labute approximate surface area is 178 Å². The van der Waals surface area contributed by atoms with Gasteiger partial charge in [-0.15, -0.1) is 0 Å². The molecule has 4 unspecified atom stereocenters. The molecule has 0 aromatic heterocycles. The van der Waals surface area contributed by atoms with E-state index in [0.717, 1.165) is 0 Å². The summed E-state index contributed by atoms with van der Waals surface area (Å²) in [7, 11) is 0. The minimum absolute atomic E-state index is 0.273. The second-order valence-corrected chi connectivity index (χ2v) is 7.16. The first-order chi connectivity index (χ1) is 14.3. The predicted molar refractivity (Wildman–Crippen MR) is 106 cm³/mol. The number of hydrogen-bond acceptors (Lipinski definition) is 8. The third-order valence-corrected chi connectivity index (χ3v) is 4.11. The number of carbonyl (C=O) groups excluding carboxylic acids is 5. The molecule has 0 aliphatic rings. The molecule has 0 fully saturated rings. The molecule has 0 saturated carbocycles. The van der Waals surface area contributed by atoms with Gasteiger partial charge in [-0.3, -0.25) is 24.0 Å². The summed E-state index contributed by atoms with van der Waals surface area (Å²) in [5, 5.41) is 24.8. The van der Waals surface area contributed by atoms with Crippen molar-refractivity contribution < 1.29 is 39.0 Å². The molecule has 14 heteroatoms. The number of aliphatic hydroxyl groups is 1. The van der Waals surface area contributed by atoms with Gasteiger partial charge in [0, 0.05) is 6.42 Å². The largest absolute Gasteiger partial charge is 0.480 e. The van der Waals surface area contributed by atoms with E-state index in [0.29, 0.717) is 0 Å². The Morgan fingerprint density at radius 2 is 1.39 bits per heavy atom. The fraction of sp³-hybridized carbons (Fsp3) is 0.647. The number of aliphatic hydroxyl groups excluding tert-OH is 1. The molecule has 0 spiro atoms. The zero-order valence-electron chi connectivity index (χ0n) is 17.3. The molecule has 0 rings (SSSR count). The van der Waals surface area contributed by atoms with Gasteiger partial charge in [0.1, 0.15) is 24.2 Å². The highest BCUT2D eigenvalue weighted by Gasteiger charge is 2.32. The molecule has 11 N–H and O–H groups in total. The summed E-state index contributed by atoms with van der Waals surface area (Å²) in [4.78, 5) is 70.5. The van der Waals surface area contributed by atoms with Crippen molar-refractivity contribution in [3.63, 3.8) is 0 Å². The third-order valence-electron chi connectivity index (χ3n) is 4.11. The number of primary amides is 2. The van der Waals surface area contributed by atoms with Gasteiger partial charge in [0.2, 0.25) is 29.5 Å². The molecule has 31 heavy (non-hydrogen) atoms.